The SMILES string of the molecule is COc1cc(C(=O)NCc2ccc(-c3cccc(C(O)(C(=O)OCC4CCN(Cc5ccccc5)CC4)c4ccccc4)c3)s2)c(Cl)cc1CNC[C@H](O)c1ccc(O)c2[nH]c(=O)ccc12. The molecule has 1 fully saturated rings. The number of aromatic nitrogens is 1. The number of carbonyl (C=O) groups is 2. The number of aromatic hydroxyl groups is 1. The zero-order chi connectivity index (χ0) is 46.2. The van der Waals surface area contributed by atoms with Crippen molar-refractivity contribution in [3.8, 4) is 21.9 Å². The van der Waals surface area contributed by atoms with E-state index in [0.717, 1.165) is 47.8 Å². The van der Waals surface area contributed by atoms with Crippen LogP contribution in [0.4, 0.5) is 0 Å². The number of halogens is 1. The second-order valence-corrected chi connectivity index (χ2v) is 18.1. The second kappa shape index (κ2) is 20.9. The number of amides is 1. The number of fused-ring (bicyclic) bond motifs is 1. The number of carbonyl (C=O) groups excluding carboxylic acids is 2. The van der Waals surface area contributed by atoms with Crippen LogP contribution >= 0.6 is 22.9 Å². The van der Waals surface area contributed by atoms with Crippen molar-refractivity contribution in [2.24, 2.45) is 5.92 Å². The van der Waals surface area contributed by atoms with Crippen LogP contribution in [-0.4, -0.2) is 70.4 Å². The maximum absolute atomic E-state index is 14.0. The lowest BCUT2D eigenvalue weighted by Crippen LogP contribution is -2.40. The molecule has 6 N–H and O–H groups in total. The van der Waals surface area contributed by atoms with Gasteiger partial charge in [-0.3, -0.25) is 14.5 Å². The molecule has 1 amide bonds. The molecular formula is C52H51ClN4O8S. The molecule has 5 aromatic carbocycles. The highest BCUT2D eigenvalue weighted by Crippen LogP contribution is 2.37. The van der Waals surface area contributed by atoms with Crippen molar-refractivity contribution >= 4 is 45.7 Å². The average molecular weight is 928 g/mol. The molecule has 1 unspecified atom stereocenters. The minimum Gasteiger partial charge on any atom is -0.506 e. The Kier molecular flexibility index (Phi) is 14.6. The molecule has 12 nitrogen and oxygen atoms in total. The van der Waals surface area contributed by atoms with Gasteiger partial charge < -0.3 is 40.4 Å². The van der Waals surface area contributed by atoms with Crippen LogP contribution in [0.3, 0.4) is 0 Å². The molecule has 1 aliphatic rings. The van der Waals surface area contributed by atoms with E-state index in [9.17, 15) is 29.7 Å². The molecule has 0 saturated carbocycles. The van der Waals surface area contributed by atoms with Gasteiger partial charge in [0.25, 0.3) is 5.91 Å². The van der Waals surface area contributed by atoms with Crippen molar-refractivity contribution in [1.82, 2.24) is 20.5 Å². The number of nitrogens with one attached hydrogen (secondary N) is 3. The molecule has 1 saturated heterocycles. The highest BCUT2D eigenvalue weighted by atomic mass is 35.5. The molecule has 2 atom stereocenters. The summed E-state index contributed by atoms with van der Waals surface area (Å²) in [5.74, 6) is -0.585. The Morgan fingerprint density at radius 1 is 0.894 bits per heavy atom. The van der Waals surface area contributed by atoms with Crippen LogP contribution in [0.25, 0.3) is 21.3 Å². The number of hydrogen-bond donors (Lipinski definition) is 6. The number of esters is 1. The number of H-pyrrole nitrogens is 1. The lowest BCUT2D eigenvalue weighted by molar-refractivity contribution is -0.164. The number of likely N-dealkylation sites (tertiary alicyclic amines) is 1. The van der Waals surface area contributed by atoms with Gasteiger partial charge in [0.2, 0.25) is 11.2 Å². The predicted octanol–water partition coefficient (Wildman–Crippen LogP) is 8.07. The first-order valence-electron chi connectivity index (χ1n) is 21.8. The number of aromatic amines is 1. The summed E-state index contributed by atoms with van der Waals surface area (Å²) in [6.45, 7) is 3.54. The van der Waals surface area contributed by atoms with Gasteiger partial charge in [-0.15, -0.1) is 11.3 Å². The van der Waals surface area contributed by atoms with E-state index in [2.05, 4.69) is 44.8 Å². The Balaban J connectivity index is 0.885. The molecule has 0 aliphatic carbocycles. The van der Waals surface area contributed by atoms with Crippen molar-refractivity contribution in [2.75, 3.05) is 33.4 Å². The van der Waals surface area contributed by atoms with E-state index in [1.807, 2.05) is 42.5 Å². The first-order valence-corrected chi connectivity index (χ1v) is 23.0. The number of thiophene rings is 1. The van der Waals surface area contributed by atoms with Crippen molar-refractivity contribution in [3.05, 3.63) is 187 Å². The Bertz CT molecular complexity index is 2870. The van der Waals surface area contributed by atoms with E-state index < -0.39 is 23.6 Å². The summed E-state index contributed by atoms with van der Waals surface area (Å²) in [6.07, 6.45) is 0.825. The topological polar surface area (TPSA) is 173 Å². The summed E-state index contributed by atoms with van der Waals surface area (Å²) >= 11 is 8.13. The molecule has 7 aromatic rings. The number of ether oxygens (including phenoxy) is 2. The number of pyridine rings is 1. The number of aliphatic hydroxyl groups is 2. The summed E-state index contributed by atoms with van der Waals surface area (Å²) in [5, 5.41) is 40.4. The van der Waals surface area contributed by atoms with Crippen LogP contribution < -0.4 is 20.9 Å². The van der Waals surface area contributed by atoms with Gasteiger partial charge in [0, 0.05) is 52.0 Å². The van der Waals surface area contributed by atoms with E-state index in [-0.39, 0.29) is 59.6 Å². The highest BCUT2D eigenvalue weighted by molar-refractivity contribution is 7.15. The fourth-order valence-corrected chi connectivity index (χ4v) is 9.64. The third-order valence-electron chi connectivity index (χ3n) is 12.1. The summed E-state index contributed by atoms with van der Waals surface area (Å²) in [4.78, 5) is 46.1. The fraction of sp³-hybridized carbons (Fsp3) is 0.250. The van der Waals surface area contributed by atoms with Crippen LogP contribution in [0.5, 0.6) is 11.5 Å². The quantitative estimate of drug-likeness (QED) is 0.0491. The first kappa shape index (κ1) is 46.2. The lowest BCUT2D eigenvalue weighted by atomic mass is 9.85. The molecule has 0 bridgehead atoms. The third-order valence-corrected chi connectivity index (χ3v) is 13.5. The predicted molar refractivity (Wildman–Crippen MR) is 257 cm³/mol. The van der Waals surface area contributed by atoms with Gasteiger partial charge in [-0.25, -0.2) is 4.79 Å². The number of phenols is 1. The Labute approximate surface area is 391 Å². The maximum atomic E-state index is 14.0. The number of aliphatic hydroxyl groups excluding tert-OH is 1. The van der Waals surface area contributed by atoms with Gasteiger partial charge in [-0.05, 0) is 96.6 Å². The normalized spacial score (nSPS) is 14.7. The van der Waals surface area contributed by atoms with Gasteiger partial charge in [0.1, 0.15) is 11.5 Å². The van der Waals surface area contributed by atoms with E-state index in [0.29, 0.717) is 33.4 Å². The standard InChI is InChI=1S/C52H51ClN4O8S/c1-64-46-27-42(43(53)26-36(46)28-54-30-45(59)40-16-18-44(58)49-41(40)17-20-48(60)56-49)50(61)55-29-39-15-19-47(66-39)35-11-8-14-38(25-35)52(63,37-12-6-3-7-13-37)51(62)65-32-34-21-23-57(24-22-34)31-33-9-4-2-5-10-33/h2-20,25-27,34,45,54,58-59,63H,21-24,28-32H2,1H3,(H,55,61)(H,56,60)/t45-,52?/m0/s1. The molecule has 340 valence electrons. The molecule has 2 aromatic heterocycles. The molecule has 8 rings (SSSR count). The van der Waals surface area contributed by atoms with Crippen molar-refractivity contribution in [2.45, 2.75) is 44.2 Å². The van der Waals surface area contributed by atoms with E-state index in [4.69, 9.17) is 21.1 Å². The third kappa shape index (κ3) is 10.5. The van der Waals surface area contributed by atoms with Crippen molar-refractivity contribution in [3.63, 3.8) is 0 Å². The minimum atomic E-state index is -2.04. The molecule has 0 radical (unpaired) electrons. The highest BCUT2D eigenvalue weighted by Gasteiger charge is 2.42. The van der Waals surface area contributed by atoms with Gasteiger partial charge in [0.15, 0.2) is 0 Å². The molecule has 0 spiro atoms. The largest absolute Gasteiger partial charge is 0.506 e. The monoisotopic (exact) mass is 926 g/mol. The van der Waals surface area contributed by atoms with Crippen LogP contribution in [-0.2, 0) is 34.8 Å². The van der Waals surface area contributed by atoms with Crippen molar-refractivity contribution in [1.29, 1.82) is 0 Å². The number of rotatable bonds is 17. The fourth-order valence-electron chi connectivity index (χ4n) is 8.42. The van der Waals surface area contributed by atoms with E-state index in [1.165, 1.54) is 36.1 Å². The number of methoxy groups -OCH3 is 1. The Morgan fingerprint density at radius 2 is 1.64 bits per heavy atom. The smallest absolute Gasteiger partial charge is 0.347 e. The average Bonchev–Trinajstić information content (AvgIpc) is 3.83. The van der Waals surface area contributed by atoms with Crippen LogP contribution in [0.1, 0.15) is 62.0 Å². The molecule has 66 heavy (non-hydrogen) atoms. The summed E-state index contributed by atoms with van der Waals surface area (Å²) in [6, 6.07) is 39.6. The first-order chi connectivity index (χ1) is 32.0. The van der Waals surface area contributed by atoms with Gasteiger partial charge in [-0.1, -0.05) is 96.5 Å². The number of piperidine rings is 1. The van der Waals surface area contributed by atoms with Crippen LogP contribution in [0, 0.1) is 5.92 Å². The number of nitrogens with zero attached hydrogens (tertiary/aromatic N) is 1. The zero-order valence-corrected chi connectivity index (χ0v) is 37.9. The Morgan fingerprint density at radius 3 is 2.39 bits per heavy atom. The molecule has 3 heterocycles. The summed E-state index contributed by atoms with van der Waals surface area (Å²) < 4.78 is 11.6. The summed E-state index contributed by atoms with van der Waals surface area (Å²) in [7, 11) is 1.50. The van der Waals surface area contributed by atoms with E-state index in [1.54, 1.807) is 54.6 Å². The molecule has 14 heteroatoms. The molecular weight excluding hydrogens is 876 g/mol. The number of phenolic OH excluding ortho intramolecular Hbond substituents is 1. The minimum absolute atomic E-state index is 0.0937. The Hall–Kier alpha value is -6.32. The van der Waals surface area contributed by atoms with Crippen LogP contribution in [0.2, 0.25) is 5.02 Å². The maximum Gasteiger partial charge on any atom is 0.347 e. The zero-order valence-electron chi connectivity index (χ0n) is 36.3. The van der Waals surface area contributed by atoms with Gasteiger partial charge >= 0.3 is 5.97 Å². The van der Waals surface area contributed by atoms with E-state index >= 15 is 0 Å². The van der Waals surface area contributed by atoms with Crippen molar-refractivity contribution < 1.29 is 34.4 Å². The summed E-state index contributed by atoms with van der Waals surface area (Å²) in [5.41, 5.74) is 2.13. The second-order valence-electron chi connectivity index (χ2n) is 16.5. The number of hydrogen-bond acceptors (Lipinski definition) is 11. The molecule has 1 aliphatic heterocycles. The number of benzene rings is 5. The van der Waals surface area contributed by atoms with Gasteiger partial charge in [0.05, 0.1) is 42.5 Å². The van der Waals surface area contributed by atoms with Gasteiger partial charge in [-0.2, -0.15) is 0 Å². The lowest BCUT2D eigenvalue weighted by Gasteiger charge is -2.33. The van der Waals surface area contributed by atoms with Crippen LogP contribution in [0.15, 0.2) is 138 Å².